The molecule has 0 saturated heterocycles. The Bertz CT molecular complexity index is 1520. The molecule has 12 heteroatoms. The fraction of sp³-hybridized carbons (Fsp3) is 0.355. The van der Waals surface area contributed by atoms with Gasteiger partial charge in [0, 0.05) is 19.0 Å². The molecule has 3 aromatic carbocycles. The maximum absolute atomic E-state index is 14.1. The van der Waals surface area contributed by atoms with Gasteiger partial charge in [0.2, 0.25) is 21.8 Å². The minimum atomic E-state index is -4.85. The Morgan fingerprint density at radius 1 is 0.977 bits per heavy atom. The summed E-state index contributed by atoms with van der Waals surface area (Å²) in [6, 6.07) is 17.7. The van der Waals surface area contributed by atoms with Crippen LogP contribution in [0.25, 0.3) is 0 Å². The number of rotatable bonds is 12. The van der Waals surface area contributed by atoms with Gasteiger partial charge in [-0.15, -0.1) is 0 Å². The molecule has 0 bridgehead atoms. The molecule has 0 heterocycles. The molecule has 2 amide bonds. The van der Waals surface area contributed by atoms with E-state index in [-0.39, 0.29) is 24.7 Å². The van der Waals surface area contributed by atoms with E-state index in [4.69, 9.17) is 11.6 Å². The maximum atomic E-state index is 14.1. The average molecular weight is 638 g/mol. The standard InChI is InChI=1S/C31H35ClF3N3O4S/c1-5-22(3)36-30(40)28(17-23-9-7-6-8-10-23)37(19-24-13-11-21(2)12-14-24)29(39)20-38(43(4,41)42)25-15-16-27(32)26(18-25)31(33,34)35/h6-16,18,22,28H,5,17,19-20H2,1-4H3,(H,36,40)/t22-,28+/m1/s1. The number of carbonyl (C=O) groups excluding carboxylic acids is 2. The van der Waals surface area contributed by atoms with Crippen molar-refractivity contribution in [2.75, 3.05) is 17.1 Å². The van der Waals surface area contributed by atoms with E-state index in [1.807, 2.05) is 51.1 Å². The SMILES string of the molecule is CC[C@@H](C)NC(=O)[C@H](Cc1ccccc1)N(Cc1ccc(C)cc1)C(=O)CN(c1ccc(Cl)c(C(F)(F)F)c1)S(C)(=O)=O. The molecule has 3 rings (SSSR count). The normalized spacial score (nSPS) is 13.2. The number of anilines is 1. The first-order chi connectivity index (χ1) is 20.1. The van der Waals surface area contributed by atoms with E-state index in [9.17, 15) is 31.2 Å². The number of halogens is 4. The Morgan fingerprint density at radius 3 is 2.16 bits per heavy atom. The van der Waals surface area contributed by atoms with Crippen molar-refractivity contribution in [2.24, 2.45) is 0 Å². The topological polar surface area (TPSA) is 86.8 Å². The number of hydrogen-bond donors (Lipinski definition) is 1. The number of benzene rings is 3. The minimum Gasteiger partial charge on any atom is -0.352 e. The van der Waals surface area contributed by atoms with Crippen LogP contribution in [0.4, 0.5) is 18.9 Å². The van der Waals surface area contributed by atoms with Crippen molar-refractivity contribution in [2.45, 2.75) is 58.4 Å². The molecule has 1 N–H and O–H groups in total. The Morgan fingerprint density at radius 2 is 1.60 bits per heavy atom. The molecule has 7 nitrogen and oxygen atoms in total. The van der Waals surface area contributed by atoms with E-state index in [2.05, 4.69) is 5.32 Å². The first kappa shape index (κ1) is 33.9. The van der Waals surface area contributed by atoms with E-state index in [0.29, 0.717) is 22.4 Å². The fourth-order valence-electron chi connectivity index (χ4n) is 4.38. The smallest absolute Gasteiger partial charge is 0.352 e. The van der Waals surface area contributed by atoms with Crippen molar-refractivity contribution in [1.29, 1.82) is 0 Å². The highest BCUT2D eigenvalue weighted by Gasteiger charge is 2.36. The lowest BCUT2D eigenvalue weighted by Gasteiger charge is -2.34. The minimum absolute atomic E-state index is 0.0451. The van der Waals surface area contributed by atoms with Crippen molar-refractivity contribution in [3.05, 3.63) is 100 Å². The lowest BCUT2D eigenvalue weighted by molar-refractivity contribution is -0.140. The van der Waals surface area contributed by atoms with Crippen LogP contribution >= 0.6 is 11.6 Å². The van der Waals surface area contributed by atoms with Crippen LogP contribution in [-0.4, -0.2) is 50.0 Å². The molecule has 3 aromatic rings. The Kier molecular flexibility index (Phi) is 11.3. The second-order valence-electron chi connectivity index (χ2n) is 10.5. The van der Waals surface area contributed by atoms with Crippen LogP contribution in [0.1, 0.15) is 42.5 Å². The molecule has 0 radical (unpaired) electrons. The van der Waals surface area contributed by atoms with Crippen molar-refractivity contribution < 1.29 is 31.2 Å². The highest BCUT2D eigenvalue weighted by atomic mass is 35.5. The zero-order valence-corrected chi connectivity index (χ0v) is 25.9. The summed E-state index contributed by atoms with van der Waals surface area (Å²) in [5.41, 5.74) is 0.806. The van der Waals surface area contributed by atoms with E-state index in [1.54, 1.807) is 24.3 Å². The molecule has 0 aliphatic carbocycles. The second-order valence-corrected chi connectivity index (χ2v) is 12.8. The maximum Gasteiger partial charge on any atom is 0.417 e. The molecule has 232 valence electrons. The number of amides is 2. The van der Waals surface area contributed by atoms with Crippen LogP contribution in [0.15, 0.2) is 72.8 Å². The Hall–Kier alpha value is -3.57. The lowest BCUT2D eigenvalue weighted by Crippen LogP contribution is -2.54. The van der Waals surface area contributed by atoms with Gasteiger partial charge < -0.3 is 10.2 Å². The summed E-state index contributed by atoms with van der Waals surface area (Å²) >= 11 is 5.76. The monoisotopic (exact) mass is 637 g/mol. The predicted octanol–water partition coefficient (Wildman–Crippen LogP) is 5.99. The molecule has 0 unspecified atom stereocenters. The number of hydrogen-bond acceptors (Lipinski definition) is 4. The Labute approximate surface area is 255 Å². The summed E-state index contributed by atoms with van der Waals surface area (Å²) in [6.07, 6.45) is -3.30. The number of carbonyl (C=O) groups is 2. The zero-order valence-electron chi connectivity index (χ0n) is 24.4. The van der Waals surface area contributed by atoms with Crippen LogP contribution in [0, 0.1) is 6.92 Å². The summed E-state index contributed by atoms with van der Waals surface area (Å²) in [4.78, 5) is 29.0. The van der Waals surface area contributed by atoms with Gasteiger partial charge in [0.15, 0.2) is 0 Å². The first-order valence-corrected chi connectivity index (χ1v) is 15.9. The van der Waals surface area contributed by atoms with Crippen molar-refractivity contribution >= 4 is 39.1 Å². The van der Waals surface area contributed by atoms with Crippen molar-refractivity contribution in [3.8, 4) is 0 Å². The molecule has 0 aliphatic heterocycles. The summed E-state index contributed by atoms with van der Waals surface area (Å²) in [6.45, 7) is 4.74. The molecule has 0 spiro atoms. The second kappa shape index (κ2) is 14.3. The molecule has 0 aliphatic rings. The molecule has 2 atom stereocenters. The third-order valence-corrected chi connectivity index (χ3v) is 8.44. The van der Waals surface area contributed by atoms with Crippen LogP contribution in [0.5, 0.6) is 0 Å². The fourth-order valence-corrected chi connectivity index (χ4v) is 5.45. The van der Waals surface area contributed by atoms with Crippen LogP contribution in [0.2, 0.25) is 5.02 Å². The van der Waals surface area contributed by atoms with Gasteiger partial charge >= 0.3 is 6.18 Å². The van der Waals surface area contributed by atoms with Gasteiger partial charge in [-0.2, -0.15) is 13.2 Å². The van der Waals surface area contributed by atoms with Crippen LogP contribution in [0.3, 0.4) is 0 Å². The van der Waals surface area contributed by atoms with Crippen molar-refractivity contribution in [1.82, 2.24) is 10.2 Å². The van der Waals surface area contributed by atoms with Gasteiger partial charge in [0.05, 0.1) is 22.5 Å². The predicted molar refractivity (Wildman–Crippen MR) is 162 cm³/mol. The summed E-state index contributed by atoms with van der Waals surface area (Å²) in [7, 11) is -4.25. The number of sulfonamides is 1. The van der Waals surface area contributed by atoms with E-state index >= 15 is 0 Å². The van der Waals surface area contributed by atoms with Gasteiger partial charge in [-0.05, 0) is 49.6 Å². The van der Waals surface area contributed by atoms with Gasteiger partial charge in [-0.1, -0.05) is 78.7 Å². The highest BCUT2D eigenvalue weighted by Crippen LogP contribution is 2.37. The first-order valence-electron chi connectivity index (χ1n) is 13.6. The molecular formula is C31H35ClF3N3O4S. The average Bonchev–Trinajstić information content (AvgIpc) is 2.94. The third-order valence-electron chi connectivity index (χ3n) is 6.97. The summed E-state index contributed by atoms with van der Waals surface area (Å²) < 4.78 is 67.2. The van der Waals surface area contributed by atoms with E-state index in [0.717, 1.165) is 29.5 Å². The lowest BCUT2D eigenvalue weighted by atomic mass is 10.0. The number of alkyl halides is 3. The summed E-state index contributed by atoms with van der Waals surface area (Å²) in [5.74, 6) is -1.20. The van der Waals surface area contributed by atoms with E-state index < -0.39 is 51.2 Å². The zero-order chi connectivity index (χ0) is 31.9. The van der Waals surface area contributed by atoms with E-state index in [1.165, 1.54) is 4.90 Å². The molecular weight excluding hydrogens is 603 g/mol. The third kappa shape index (κ3) is 9.46. The van der Waals surface area contributed by atoms with Gasteiger partial charge in [-0.25, -0.2) is 8.42 Å². The van der Waals surface area contributed by atoms with Crippen molar-refractivity contribution in [3.63, 3.8) is 0 Å². The molecule has 0 saturated carbocycles. The van der Waals surface area contributed by atoms with Gasteiger partial charge in [-0.3, -0.25) is 13.9 Å². The molecule has 0 aromatic heterocycles. The van der Waals surface area contributed by atoms with Crippen LogP contribution in [-0.2, 0) is 38.8 Å². The molecule has 43 heavy (non-hydrogen) atoms. The quantitative estimate of drug-likeness (QED) is 0.264. The summed E-state index contributed by atoms with van der Waals surface area (Å²) in [5, 5.41) is 2.31. The number of aryl methyl sites for hydroxylation is 1. The van der Waals surface area contributed by atoms with Gasteiger partial charge in [0.25, 0.3) is 0 Å². The Balaban J connectivity index is 2.10. The molecule has 0 fully saturated rings. The van der Waals surface area contributed by atoms with Gasteiger partial charge in [0.1, 0.15) is 12.6 Å². The number of nitrogens with zero attached hydrogens (tertiary/aromatic N) is 2. The largest absolute Gasteiger partial charge is 0.417 e. The highest BCUT2D eigenvalue weighted by molar-refractivity contribution is 7.92. The van der Waals surface area contributed by atoms with Crippen LogP contribution < -0.4 is 9.62 Å². The number of nitrogens with one attached hydrogen (secondary N) is 1.